The molecule has 0 aromatic carbocycles. The third-order valence-corrected chi connectivity index (χ3v) is 5.52. The Kier molecular flexibility index (Phi) is 4.78. The quantitative estimate of drug-likeness (QED) is 0.836. The number of aryl methyl sites for hydroxylation is 1. The fourth-order valence-electron chi connectivity index (χ4n) is 3.66. The van der Waals surface area contributed by atoms with Crippen LogP contribution in [0.5, 0.6) is 0 Å². The summed E-state index contributed by atoms with van der Waals surface area (Å²) in [6.07, 6.45) is 1.17. The lowest BCUT2D eigenvalue weighted by atomic mass is 10.1. The first-order chi connectivity index (χ1) is 12.2. The van der Waals surface area contributed by atoms with Gasteiger partial charge in [-0.2, -0.15) is 0 Å². The molecule has 2 aliphatic rings. The van der Waals surface area contributed by atoms with Gasteiger partial charge in [0.25, 0.3) is 5.91 Å². The van der Waals surface area contributed by atoms with Gasteiger partial charge in [0, 0.05) is 43.3 Å². The largest absolute Gasteiger partial charge is 0.371 e. The molecule has 2 atom stereocenters. The van der Waals surface area contributed by atoms with E-state index in [4.69, 9.17) is 4.74 Å². The van der Waals surface area contributed by atoms with Crippen molar-refractivity contribution < 1.29 is 9.53 Å². The summed E-state index contributed by atoms with van der Waals surface area (Å²) in [6.45, 7) is 5.91. The highest BCUT2D eigenvalue weighted by Crippen LogP contribution is 2.25. The molecule has 7 heteroatoms. The molecule has 2 fully saturated rings. The molecular formula is C18H22N4O2S. The van der Waals surface area contributed by atoms with Crippen molar-refractivity contribution in [2.45, 2.75) is 32.1 Å². The Labute approximate surface area is 151 Å². The van der Waals surface area contributed by atoms with E-state index in [0.29, 0.717) is 18.3 Å². The number of amides is 1. The van der Waals surface area contributed by atoms with Crippen molar-refractivity contribution in [3.63, 3.8) is 0 Å². The van der Waals surface area contributed by atoms with Gasteiger partial charge in [-0.15, -0.1) is 11.3 Å². The summed E-state index contributed by atoms with van der Waals surface area (Å²) >= 11 is 1.46. The van der Waals surface area contributed by atoms with Crippen molar-refractivity contribution in [3.8, 4) is 0 Å². The predicted molar refractivity (Wildman–Crippen MR) is 95.5 cm³/mol. The van der Waals surface area contributed by atoms with Crippen LogP contribution in [0.2, 0.25) is 0 Å². The lowest BCUT2D eigenvalue weighted by molar-refractivity contribution is 0.0434. The Morgan fingerprint density at radius 2 is 2.28 bits per heavy atom. The highest BCUT2D eigenvalue weighted by atomic mass is 32.1. The maximum absolute atomic E-state index is 12.5. The molecule has 0 unspecified atom stereocenters. The van der Waals surface area contributed by atoms with E-state index in [2.05, 4.69) is 14.9 Å². The molecule has 132 valence electrons. The van der Waals surface area contributed by atoms with Crippen molar-refractivity contribution >= 4 is 17.2 Å². The Bertz CT molecular complexity index is 736. The maximum Gasteiger partial charge on any atom is 0.273 e. The molecule has 4 rings (SSSR count). The van der Waals surface area contributed by atoms with Gasteiger partial charge in [0.05, 0.1) is 23.9 Å². The number of nitrogens with zero attached hydrogens (tertiary/aromatic N) is 4. The summed E-state index contributed by atoms with van der Waals surface area (Å²) in [5.74, 6) is 0.0502. The number of thiazole rings is 1. The average Bonchev–Trinajstić information content (AvgIpc) is 3.28. The number of ether oxygens (including phenoxy) is 1. The molecule has 0 bridgehead atoms. The fraction of sp³-hybridized carbons (Fsp3) is 0.500. The molecule has 6 nitrogen and oxygen atoms in total. The van der Waals surface area contributed by atoms with E-state index in [-0.39, 0.29) is 12.0 Å². The molecule has 4 heterocycles. The van der Waals surface area contributed by atoms with Crippen LogP contribution in [0, 0.1) is 6.92 Å². The van der Waals surface area contributed by atoms with Crippen LogP contribution in [0.4, 0.5) is 0 Å². The van der Waals surface area contributed by atoms with E-state index in [1.54, 1.807) is 5.51 Å². The highest BCUT2D eigenvalue weighted by molar-refractivity contribution is 7.07. The van der Waals surface area contributed by atoms with Crippen LogP contribution in [-0.4, -0.2) is 64.0 Å². The van der Waals surface area contributed by atoms with Crippen LogP contribution in [-0.2, 0) is 11.3 Å². The highest BCUT2D eigenvalue weighted by Gasteiger charge is 2.38. The first-order valence-corrected chi connectivity index (χ1v) is 9.59. The molecule has 1 amide bonds. The van der Waals surface area contributed by atoms with Gasteiger partial charge < -0.3 is 9.64 Å². The third-order valence-electron chi connectivity index (χ3n) is 4.93. The van der Waals surface area contributed by atoms with Gasteiger partial charge in [0.1, 0.15) is 5.69 Å². The molecule has 0 spiro atoms. The van der Waals surface area contributed by atoms with Crippen LogP contribution in [0.25, 0.3) is 0 Å². The maximum atomic E-state index is 12.5. The summed E-state index contributed by atoms with van der Waals surface area (Å²) in [4.78, 5) is 25.5. The van der Waals surface area contributed by atoms with Gasteiger partial charge >= 0.3 is 0 Å². The number of rotatable bonds is 4. The van der Waals surface area contributed by atoms with Gasteiger partial charge in [-0.05, 0) is 25.5 Å². The topological polar surface area (TPSA) is 58.6 Å². The molecule has 0 N–H and O–H groups in total. The normalized spacial score (nSPS) is 23.6. The molecule has 2 saturated heterocycles. The molecule has 0 saturated carbocycles. The lowest BCUT2D eigenvalue weighted by Gasteiger charge is -2.36. The van der Waals surface area contributed by atoms with Gasteiger partial charge in [0.15, 0.2) is 0 Å². The van der Waals surface area contributed by atoms with E-state index in [0.717, 1.165) is 44.0 Å². The first-order valence-electron chi connectivity index (χ1n) is 8.64. The van der Waals surface area contributed by atoms with Crippen LogP contribution in [0.1, 0.15) is 28.3 Å². The van der Waals surface area contributed by atoms with Crippen molar-refractivity contribution in [1.29, 1.82) is 0 Å². The Hall–Kier alpha value is -1.83. The van der Waals surface area contributed by atoms with Crippen molar-refractivity contribution in [2.75, 3.05) is 26.2 Å². The van der Waals surface area contributed by atoms with Crippen LogP contribution < -0.4 is 0 Å². The number of hydrogen-bond acceptors (Lipinski definition) is 6. The lowest BCUT2D eigenvalue weighted by Crippen LogP contribution is -2.52. The van der Waals surface area contributed by atoms with Crippen LogP contribution in [0.15, 0.2) is 29.1 Å². The van der Waals surface area contributed by atoms with E-state index >= 15 is 0 Å². The zero-order chi connectivity index (χ0) is 17.2. The molecular weight excluding hydrogens is 336 g/mol. The Morgan fingerprint density at radius 1 is 1.36 bits per heavy atom. The summed E-state index contributed by atoms with van der Waals surface area (Å²) in [6, 6.07) is 6.39. The number of fused-ring (bicyclic) bond motifs is 1. The molecule has 2 aliphatic heterocycles. The number of piperazine rings is 1. The third kappa shape index (κ3) is 3.73. The molecule has 2 aromatic rings. The summed E-state index contributed by atoms with van der Waals surface area (Å²) in [5.41, 5.74) is 4.27. The van der Waals surface area contributed by atoms with E-state index < -0.39 is 0 Å². The van der Waals surface area contributed by atoms with E-state index in [9.17, 15) is 4.79 Å². The Balaban J connectivity index is 1.32. The number of carbonyl (C=O) groups excluding carboxylic acids is 1. The molecule has 0 radical (unpaired) electrons. The standard InChI is InChI=1S/C18H22N4O2S/c1-13-3-2-4-14(20-13)10-24-16-7-15-8-22(6-5-21(15)9-16)18(23)17-11-25-12-19-17/h2-4,11-12,15-16H,5-10H2,1H3/t15-,16+/m0/s1. The van der Waals surface area contributed by atoms with E-state index in [1.807, 2.05) is 35.4 Å². The number of carbonyl (C=O) groups is 1. The summed E-state index contributed by atoms with van der Waals surface area (Å²) in [5, 5.41) is 1.82. The number of pyridine rings is 1. The summed E-state index contributed by atoms with van der Waals surface area (Å²) in [7, 11) is 0. The second-order valence-corrected chi connectivity index (χ2v) is 7.43. The minimum absolute atomic E-state index is 0.0502. The first kappa shape index (κ1) is 16.6. The van der Waals surface area contributed by atoms with Crippen LogP contribution >= 0.6 is 11.3 Å². The van der Waals surface area contributed by atoms with Gasteiger partial charge in [-0.3, -0.25) is 14.7 Å². The minimum Gasteiger partial charge on any atom is -0.371 e. The predicted octanol–water partition coefficient (Wildman–Crippen LogP) is 1.96. The van der Waals surface area contributed by atoms with Crippen LogP contribution in [0.3, 0.4) is 0 Å². The minimum atomic E-state index is 0.0502. The zero-order valence-electron chi connectivity index (χ0n) is 14.3. The van der Waals surface area contributed by atoms with Crippen molar-refractivity contribution in [3.05, 3.63) is 46.2 Å². The van der Waals surface area contributed by atoms with Gasteiger partial charge in [0.2, 0.25) is 0 Å². The number of aromatic nitrogens is 2. The Morgan fingerprint density at radius 3 is 3.08 bits per heavy atom. The fourth-order valence-corrected chi connectivity index (χ4v) is 4.19. The second kappa shape index (κ2) is 7.19. The van der Waals surface area contributed by atoms with Gasteiger partial charge in [-0.1, -0.05) is 6.07 Å². The van der Waals surface area contributed by atoms with Gasteiger partial charge in [-0.25, -0.2) is 4.98 Å². The second-order valence-electron chi connectivity index (χ2n) is 6.71. The molecule has 0 aliphatic carbocycles. The van der Waals surface area contributed by atoms with Crippen molar-refractivity contribution in [1.82, 2.24) is 19.8 Å². The van der Waals surface area contributed by atoms with Crippen molar-refractivity contribution in [2.24, 2.45) is 0 Å². The smallest absolute Gasteiger partial charge is 0.273 e. The van der Waals surface area contributed by atoms with E-state index in [1.165, 1.54) is 11.3 Å². The number of hydrogen-bond donors (Lipinski definition) is 0. The molecule has 25 heavy (non-hydrogen) atoms. The monoisotopic (exact) mass is 358 g/mol. The zero-order valence-corrected chi connectivity index (χ0v) is 15.1. The summed E-state index contributed by atoms with van der Waals surface area (Å²) < 4.78 is 6.09. The average molecular weight is 358 g/mol. The SMILES string of the molecule is Cc1cccc(CO[C@@H]2C[C@H]3CN(C(=O)c4cscn4)CCN3C2)n1. The molecule has 2 aromatic heterocycles.